The van der Waals surface area contributed by atoms with E-state index in [9.17, 15) is 0 Å². The van der Waals surface area contributed by atoms with Gasteiger partial charge in [-0.05, 0) is 42.5 Å². The molecular weight excluding hydrogens is 340 g/mol. The molecule has 0 aliphatic carbocycles. The van der Waals surface area contributed by atoms with Gasteiger partial charge in [0.2, 0.25) is 0 Å². The molecule has 0 radical (unpaired) electrons. The molecule has 100 valence electrons. The van der Waals surface area contributed by atoms with Crippen LogP contribution < -0.4 is 4.74 Å². The van der Waals surface area contributed by atoms with Crippen LogP contribution in [0.2, 0.25) is 5.15 Å². The highest BCUT2D eigenvalue weighted by molar-refractivity contribution is 9.10. The Morgan fingerprint density at radius 2 is 1.80 bits per heavy atom. The van der Waals surface area contributed by atoms with E-state index in [1.807, 2.05) is 42.5 Å². The highest BCUT2D eigenvalue weighted by Gasteiger charge is 2.08. The molecule has 0 saturated carbocycles. The van der Waals surface area contributed by atoms with E-state index in [1.54, 1.807) is 7.11 Å². The minimum atomic E-state index is 0.446. The van der Waals surface area contributed by atoms with Gasteiger partial charge in [-0.2, -0.15) is 0 Å². The van der Waals surface area contributed by atoms with E-state index in [4.69, 9.17) is 16.3 Å². The van der Waals surface area contributed by atoms with E-state index >= 15 is 0 Å². The predicted octanol–water partition coefficient (Wildman–Crippen LogP) is 4.72. The molecule has 1 heterocycles. The van der Waals surface area contributed by atoms with Gasteiger partial charge in [-0.25, -0.2) is 9.97 Å². The molecule has 0 unspecified atom stereocenters. The number of hydrogen-bond acceptors (Lipinski definition) is 3. The second-order valence-electron chi connectivity index (χ2n) is 4.23. The average Bonchev–Trinajstić information content (AvgIpc) is 2.48. The summed E-state index contributed by atoms with van der Waals surface area (Å²) < 4.78 is 6.09. The molecule has 0 aliphatic heterocycles. The van der Waals surface area contributed by atoms with Gasteiger partial charge in [0.1, 0.15) is 10.9 Å². The zero-order valence-corrected chi connectivity index (χ0v) is 12.9. The fourth-order valence-corrected chi connectivity index (χ4v) is 2.52. The van der Waals surface area contributed by atoms with Crippen molar-refractivity contribution in [3.8, 4) is 17.1 Å². The van der Waals surface area contributed by atoms with E-state index in [-0.39, 0.29) is 0 Å². The van der Waals surface area contributed by atoms with Crippen LogP contribution in [-0.4, -0.2) is 17.1 Å². The molecular formula is C15H10BrClN2O. The Labute approximate surface area is 129 Å². The summed E-state index contributed by atoms with van der Waals surface area (Å²) in [5, 5.41) is 1.28. The largest absolute Gasteiger partial charge is 0.497 e. The van der Waals surface area contributed by atoms with Crippen molar-refractivity contribution in [3.05, 3.63) is 52.1 Å². The Kier molecular flexibility index (Phi) is 3.59. The van der Waals surface area contributed by atoms with Crippen LogP contribution in [0, 0.1) is 0 Å². The highest BCUT2D eigenvalue weighted by atomic mass is 79.9. The van der Waals surface area contributed by atoms with Crippen molar-refractivity contribution in [2.75, 3.05) is 7.11 Å². The third kappa shape index (κ3) is 2.49. The molecule has 5 heteroatoms. The van der Waals surface area contributed by atoms with Crippen LogP contribution in [0.4, 0.5) is 0 Å². The summed E-state index contributed by atoms with van der Waals surface area (Å²) >= 11 is 9.66. The average molecular weight is 350 g/mol. The Balaban J connectivity index is 2.14. The maximum atomic E-state index is 6.25. The highest BCUT2D eigenvalue weighted by Crippen LogP contribution is 2.27. The number of hydrogen-bond donors (Lipinski definition) is 0. The first-order valence-corrected chi connectivity index (χ1v) is 7.12. The minimum Gasteiger partial charge on any atom is -0.497 e. The van der Waals surface area contributed by atoms with Gasteiger partial charge < -0.3 is 4.74 Å². The number of nitrogens with zero attached hydrogens (tertiary/aromatic N) is 2. The molecule has 0 bridgehead atoms. The SMILES string of the molecule is COc1ccc(-c2nc(Cl)c3cc(Br)ccc3n2)cc1. The first-order chi connectivity index (χ1) is 9.67. The van der Waals surface area contributed by atoms with Crippen molar-refractivity contribution >= 4 is 38.4 Å². The van der Waals surface area contributed by atoms with Gasteiger partial charge >= 0.3 is 0 Å². The van der Waals surface area contributed by atoms with Gasteiger partial charge in [0.15, 0.2) is 5.82 Å². The first kappa shape index (κ1) is 13.3. The first-order valence-electron chi connectivity index (χ1n) is 5.94. The molecule has 0 N–H and O–H groups in total. The predicted molar refractivity (Wildman–Crippen MR) is 84.2 cm³/mol. The Hall–Kier alpha value is -1.65. The smallest absolute Gasteiger partial charge is 0.161 e. The second-order valence-corrected chi connectivity index (χ2v) is 5.50. The van der Waals surface area contributed by atoms with Gasteiger partial charge in [0, 0.05) is 15.4 Å². The third-order valence-electron chi connectivity index (χ3n) is 2.96. The Morgan fingerprint density at radius 3 is 2.50 bits per heavy atom. The summed E-state index contributed by atoms with van der Waals surface area (Å²) in [6, 6.07) is 13.3. The Morgan fingerprint density at radius 1 is 1.05 bits per heavy atom. The van der Waals surface area contributed by atoms with Gasteiger partial charge in [0.25, 0.3) is 0 Å². The molecule has 0 fully saturated rings. The fraction of sp³-hybridized carbons (Fsp3) is 0.0667. The maximum absolute atomic E-state index is 6.25. The lowest BCUT2D eigenvalue weighted by Crippen LogP contribution is -1.92. The van der Waals surface area contributed by atoms with Crippen LogP contribution in [0.5, 0.6) is 5.75 Å². The number of halogens is 2. The molecule has 0 amide bonds. The van der Waals surface area contributed by atoms with Crippen molar-refractivity contribution in [1.29, 1.82) is 0 Å². The summed E-state index contributed by atoms with van der Waals surface area (Å²) in [6.45, 7) is 0. The number of rotatable bonds is 2. The zero-order valence-electron chi connectivity index (χ0n) is 10.6. The van der Waals surface area contributed by atoms with E-state index in [2.05, 4.69) is 25.9 Å². The van der Waals surface area contributed by atoms with Crippen molar-refractivity contribution in [2.24, 2.45) is 0 Å². The van der Waals surface area contributed by atoms with E-state index in [0.717, 1.165) is 26.7 Å². The molecule has 0 atom stereocenters. The number of aromatic nitrogens is 2. The maximum Gasteiger partial charge on any atom is 0.161 e. The topological polar surface area (TPSA) is 35.0 Å². The van der Waals surface area contributed by atoms with Crippen LogP contribution in [0.15, 0.2) is 46.9 Å². The second kappa shape index (κ2) is 5.38. The standard InChI is InChI=1S/C15H10BrClN2O/c1-20-11-5-2-9(3-6-11)15-18-13-7-4-10(16)8-12(13)14(17)19-15/h2-8H,1H3. The summed E-state index contributed by atoms with van der Waals surface area (Å²) in [6.07, 6.45) is 0. The van der Waals surface area contributed by atoms with E-state index in [0.29, 0.717) is 11.0 Å². The molecule has 20 heavy (non-hydrogen) atoms. The molecule has 0 spiro atoms. The molecule has 3 aromatic rings. The van der Waals surface area contributed by atoms with Crippen LogP contribution >= 0.6 is 27.5 Å². The number of ether oxygens (including phenoxy) is 1. The summed E-state index contributed by atoms with van der Waals surface area (Å²) in [4.78, 5) is 8.91. The Bertz CT molecular complexity index is 775. The molecule has 2 aromatic carbocycles. The molecule has 3 rings (SSSR count). The molecule has 1 aromatic heterocycles. The van der Waals surface area contributed by atoms with Gasteiger partial charge in [-0.1, -0.05) is 27.5 Å². The minimum absolute atomic E-state index is 0.446. The van der Waals surface area contributed by atoms with Crippen molar-refractivity contribution in [2.45, 2.75) is 0 Å². The lowest BCUT2D eigenvalue weighted by atomic mass is 10.2. The van der Waals surface area contributed by atoms with Crippen LogP contribution in [-0.2, 0) is 0 Å². The normalized spacial score (nSPS) is 10.8. The van der Waals surface area contributed by atoms with Gasteiger partial charge in [-0.3, -0.25) is 0 Å². The fourth-order valence-electron chi connectivity index (χ4n) is 1.93. The molecule has 3 nitrogen and oxygen atoms in total. The van der Waals surface area contributed by atoms with E-state index in [1.165, 1.54) is 0 Å². The number of fused-ring (bicyclic) bond motifs is 1. The zero-order chi connectivity index (χ0) is 14.1. The molecule has 0 aliphatic rings. The summed E-state index contributed by atoms with van der Waals surface area (Å²) in [5.41, 5.74) is 1.72. The van der Waals surface area contributed by atoms with Crippen molar-refractivity contribution in [1.82, 2.24) is 9.97 Å². The third-order valence-corrected chi connectivity index (χ3v) is 3.74. The lowest BCUT2D eigenvalue weighted by molar-refractivity contribution is 0.415. The lowest BCUT2D eigenvalue weighted by Gasteiger charge is -2.06. The summed E-state index contributed by atoms with van der Waals surface area (Å²) in [7, 11) is 1.64. The molecule has 0 saturated heterocycles. The van der Waals surface area contributed by atoms with E-state index < -0.39 is 0 Å². The van der Waals surface area contributed by atoms with Gasteiger partial charge in [0.05, 0.1) is 12.6 Å². The van der Waals surface area contributed by atoms with Crippen LogP contribution in [0.25, 0.3) is 22.3 Å². The number of benzene rings is 2. The number of methoxy groups -OCH3 is 1. The quantitative estimate of drug-likeness (QED) is 0.628. The van der Waals surface area contributed by atoms with Crippen molar-refractivity contribution < 1.29 is 4.74 Å². The van der Waals surface area contributed by atoms with Crippen molar-refractivity contribution in [3.63, 3.8) is 0 Å². The monoisotopic (exact) mass is 348 g/mol. The van der Waals surface area contributed by atoms with Crippen LogP contribution in [0.1, 0.15) is 0 Å². The summed E-state index contributed by atoms with van der Waals surface area (Å²) in [5.74, 6) is 1.40. The van der Waals surface area contributed by atoms with Crippen LogP contribution in [0.3, 0.4) is 0 Å². The van der Waals surface area contributed by atoms with Gasteiger partial charge in [-0.15, -0.1) is 0 Å².